The number of fused-ring (bicyclic) bond motifs is 1. The molecule has 0 saturated carbocycles. The Kier molecular flexibility index (Phi) is 4.76. The van der Waals surface area contributed by atoms with Gasteiger partial charge in [0.15, 0.2) is 5.58 Å². The fraction of sp³-hybridized carbons (Fsp3) is 0.200. The first-order valence-electron chi connectivity index (χ1n) is 6.07. The van der Waals surface area contributed by atoms with Crippen molar-refractivity contribution in [1.29, 1.82) is 0 Å². The van der Waals surface area contributed by atoms with E-state index in [0.29, 0.717) is 17.0 Å². The summed E-state index contributed by atoms with van der Waals surface area (Å²) in [7, 11) is 1.00. The highest BCUT2D eigenvalue weighted by atomic mass is 32.2. The van der Waals surface area contributed by atoms with Crippen molar-refractivity contribution in [2.75, 3.05) is 12.9 Å². The summed E-state index contributed by atoms with van der Waals surface area (Å²) in [4.78, 5) is 15.2. The maximum Gasteiger partial charge on any atom is 0.224 e. The molecule has 2 heterocycles. The van der Waals surface area contributed by atoms with E-state index in [1.165, 1.54) is 5.57 Å². The zero-order valence-electron chi connectivity index (χ0n) is 11.3. The number of carbonyl (C=O) groups is 1. The van der Waals surface area contributed by atoms with Gasteiger partial charge in [0, 0.05) is 24.0 Å². The van der Waals surface area contributed by atoms with Gasteiger partial charge in [0.25, 0.3) is 0 Å². The number of thioether (sulfide) groups is 1. The highest BCUT2D eigenvalue weighted by Gasteiger charge is 2.14. The third-order valence-electron chi connectivity index (χ3n) is 2.92. The maximum atomic E-state index is 10.7. The van der Waals surface area contributed by atoms with Crippen LogP contribution in [0.4, 0.5) is 0 Å². The molecule has 2 aromatic rings. The van der Waals surface area contributed by atoms with Crippen LogP contribution in [-0.4, -0.2) is 29.2 Å². The minimum absolute atomic E-state index is 0.605. The van der Waals surface area contributed by atoms with Crippen LogP contribution in [0.5, 0.6) is 0 Å². The molecule has 1 aliphatic rings. The third kappa shape index (κ3) is 2.84. The van der Waals surface area contributed by atoms with Gasteiger partial charge in [0.2, 0.25) is 5.89 Å². The predicted molar refractivity (Wildman–Crippen MR) is 81.7 cm³/mol. The molecule has 5 heteroatoms. The number of aliphatic hydroxyl groups excluding tert-OH is 1. The minimum atomic E-state index is 0.605. The highest BCUT2D eigenvalue weighted by Crippen LogP contribution is 2.30. The van der Waals surface area contributed by atoms with Gasteiger partial charge in [-0.1, -0.05) is 6.08 Å². The van der Waals surface area contributed by atoms with Crippen LogP contribution in [0.2, 0.25) is 0 Å². The summed E-state index contributed by atoms with van der Waals surface area (Å²) in [5, 5.41) is 9.08. The first kappa shape index (κ1) is 14.6. The number of hydrogen-bond acceptors (Lipinski definition) is 5. The van der Waals surface area contributed by atoms with Crippen LogP contribution < -0.4 is 0 Å². The molecule has 1 aromatic heterocycles. The number of oxazole rings is 1. The van der Waals surface area contributed by atoms with Crippen LogP contribution in [0, 0.1) is 0 Å². The lowest BCUT2D eigenvalue weighted by atomic mass is 10.1. The lowest BCUT2D eigenvalue weighted by molar-refractivity contribution is 0.112. The van der Waals surface area contributed by atoms with Crippen molar-refractivity contribution in [1.82, 2.24) is 4.98 Å². The summed E-state index contributed by atoms with van der Waals surface area (Å²) >= 11 is 1.72. The van der Waals surface area contributed by atoms with Gasteiger partial charge < -0.3 is 9.52 Å². The van der Waals surface area contributed by atoms with Gasteiger partial charge in [0.1, 0.15) is 11.8 Å². The van der Waals surface area contributed by atoms with Gasteiger partial charge in [-0.15, -0.1) is 11.8 Å². The van der Waals surface area contributed by atoms with Gasteiger partial charge in [0.05, 0.1) is 0 Å². The van der Waals surface area contributed by atoms with E-state index < -0.39 is 0 Å². The average molecular weight is 289 g/mol. The third-order valence-corrected chi connectivity index (χ3v) is 3.71. The number of allylic oxidation sites excluding steroid dienone is 2. The molecule has 1 aliphatic heterocycles. The molecule has 0 fully saturated rings. The van der Waals surface area contributed by atoms with E-state index in [0.717, 1.165) is 30.2 Å². The standard InChI is InChI=1S/C14H11NO2S.CH4O/c1-9-4-5-18-8-11(9)14-15-12-3-2-10(7-16)6-13(12)17-14;1-2/h2-7H,8H2,1H3;2H,1H3. The summed E-state index contributed by atoms with van der Waals surface area (Å²) in [5.41, 5.74) is 4.35. The smallest absolute Gasteiger partial charge is 0.224 e. The number of rotatable bonds is 2. The summed E-state index contributed by atoms with van der Waals surface area (Å²) in [5.74, 6) is 1.53. The van der Waals surface area contributed by atoms with Gasteiger partial charge in [-0.3, -0.25) is 4.79 Å². The van der Waals surface area contributed by atoms with Crippen LogP contribution in [0.25, 0.3) is 16.7 Å². The van der Waals surface area contributed by atoms with Crippen LogP contribution in [0.1, 0.15) is 23.2 Å². The van der Waals surface area contributed by atoms with Crippen molar-refractivity contribution in [2.24, 2.45) is 0 Å². The van der Waals surface area contributed by atoms with Crippen molar-refractivity contribution in [2.45, 2.75) is 6.92 Å². The van der Waals surface area contributed by atoms with Gasteiger partial charge in [-0.2, -0.15) is 0 Å². The van der Waals surface area contributed by atoms with Crippen molar-refractivity contribution < 1.29 is 14.3 Å². The molecule has 0 saturated heterocycles. The Hall–Kier alpha value is -1.85. The summed E-state index contributed by atoms with van der Waals surface area (Å²) in [6.07, 6.45) is 2.88. The number of aliphatic hydroxyl groups is 1. The largest absolute Gasteiger partial charge is 0.436 e. The van der Waals surface area contributed by atoms with Crippen molar-refractivity contribution in [3.8, 4) is 0 Å². The summed E-state index contributed by atoms with van der Waals surface area (Å²) in [6.45, 7) is 2.05. The monoisotopic (exact) mass is 289 g/mol. The maximum absolute atomic E-state index is 10.7. The molecule has 1 N–H and O–H groups in total. The molecule has 4 nitrogen and oxygen atoms in total. The van der Waals surface area contributed by atoms with Crippen molar-refractivity contribution >= 4 is 34.7 Å². The number of hydrogen-bond donors (Lipinski definition) is 1. The van der Waals surface area contributed by atoms with E-state index in [1.54, 1.807) is 23.9 Å². The molecule has 0 atom stereocenters. The first-order chi connectivity index (χ1) is 9.78. The van der Waals surface area contributed by atoms with Crippen molar-refractivity contribution in [3.63, 3.8) is 0 Å². The molecular weight excluding hydrogens is 274 g/mol. The Bertz CT molecular complexity index is 685. The lowest BCUT2D eigenvalue weighted by Crippen LogP contribution is -1.94. The van der Waals surface area contributed by atoms with Gasteiger partial charge in [-0.25, -0.2) is 4.98 Å². The zero-order chi connectivity index (χ0) is 14.5. The van der Waals surface area contributed by atoms with E-state index in [-0.39, 0.29) is 0 Å². The SMILES string of the molecule is CC1=C(c2nc3ccc(C=O)cc3o2)CSC=C1.CO. The number of nitrogens with zero attached hydrogens (tertiary/aromatic N) is 1. The van der Waals surface area contributed by atoms with Crippen LogP contribution in [0.3, 0.4) is 0 Å². The fourth-order valence-electron chi connectivity index (χ4n) is 1.87. The van der Waals surface area contributed by atoms with Crippen LogP contribution in [-0.2, 0) is 0 Å². The molecule has 1 aromatic carbocycles. The molecule has 20 heavy (non-hydrogen) atoms. The second-order valence-electron chi connectivity index (χ2n) is 4.14. The van der Waals surface area contributed by atoms with E-state index in [9.17, 15) is 4.79 Å². The highest BCUT2D eigenvalue weighted by molar-refractivity contribution is 8.02. The Morgan fingerprint density at radius 1 is 1.40 bits per heavy atom. The molecular formula is C15H15NO3S. The fourth-order valence-corrected chi connectivity index (χ4v) is 2.78. The summed E-state index contributed by atoms with van der Waals surface area (Å²) < 4.78 is 5.75. The number of carbonyl (C=O) groups excluding carboxylic acids is 1. The summed E-state index contributed by atoms with van der Waals surface area (Å²) in [6, 6.07) is 5.28. The molecule has 104 valence electrons. The lowest BCUT2D eigenvalue weighted by Gasteiger charge is -2.08. The molecule has 0 amide bonds. The van der Waals surface area contributed by atoms with Gasteiger partial charge in [-0.05, 0) is 36.1 Å². The zero-order valence-corrected chi connectivity index (χ0v) is 12.1. The Morgan fingerprint density at radius 2 is 2.20 bits per heavy atom. The Morgan fingerprint density at radius 3 is 2.90 bits per heavy atom. The van der Waals surface area contributed by atoms with E-state index in [2.05, 4.69) is 23.4 Å². The Labute approximate surface area is 121 Å². The van der Waals surface area contributed by atoms with Crippen LogP contribution >= 0.6 is 11.8 Å². The molecule has 0 spiro atoms. The normalized spacial score (nSPS) is 14.2. The molecule has 0 radical (unpaired) electrons. The van der Waals surface area contributed by atoms with E-state index >= 15 is 0 Å². The van der Waals surface area contributed by atoms with Gasteiger partial charge >= 0.3 is 0 Å². The van der Waals surface area contributed by atoms with E-state index in [4.69, 9.17) is 9.52 Å². The first-order valence-corrected chi connectivity index (χ1v) is 7.11. The van der Waals surface area contributed by atoms with E-state index in [1.807, 2.05) is 6.07 Å². The van der Waals surface area contributed by atoms with Crippen molar-refractivity contribution in [3.05, 3.63) is 46.7 Å². The van der Waals surface area contributed by atoms with Crippen LogP contribution in [0.15, 0.2) is 39.7 Å². The molecule has 0 bridgehead atoms. The average Bonchev–Trinajstić information content (AvgIpc) is 2.92. The topological polar surface area (TPSA) is 63.3 Å². The number of benzene rings is 1. The quantitative estimate of drug-likeness (QED) is 0.860. The number of aldehydes is 1. The number of aromatic nitrogens is 1. The molecule has 0 unspecified atom stereocenters. The second kappa shape index (κ2) is 6.54. The predicted octanol–water partition coefficient (Wildman–Crippen LogP) is 3.28. The molecule has 3 rings (SSSR count). The Balaban J connectivity index is 0.000000704. The minimum Gasteiger partial charge on any atom is -0.436 e. The molecule has 0 aliphatic carbocycles. The second-order valence-corrected chi connectivity index (χ2v) is 5.03.